The van der Waals surface area contributed by atoms with Crippen LogP contribution in [0.15, 0.2) is 0 Å². The van der Waals surface area contributed by atoms with E-state index in [1.807, 2.05) is 0 Å². The summed E-state index contributed by atoms with van der Waals surface area (Å²) in [6.07, 6.45) is 55.4. The molecule has 2 unspecified atom stereocenters. The molecule has 0 aliphatic rings. The van der Waals surface area contributed by atoms with Gasteiger partial charge in [-0.2, -0.15) is 0 Å². The van der Waals surface area contributed by atoms with Crippen LogP contribution >= 0.6 is 15.6 Å². The van der Waals surface area contributed by atoms with Crippen molar-refractivity contribution in [2.24, 2.45) is 5.92 Å². The second kappa shape index (κ2) is 67.3. The molecule has 0 heterocycles. The minimum Gasteiger partial charge on any atom is -0.462 e. The highest BCUT2D eigenvalue weighted by molar-refractivity contribution is 7.47. The van der Waals surface area contributed by atoms with Crippen molar-refractivity contribution in [3.05, 3.63) is 0 Å². The molecule has 19 heteroatoms. The molecule has 0 rings (SSSR count). The van der Waals surface area contributed by atoms with Gasteiger partial charge in [0.2, 0.25) is 0 Å². The zero-order valence-corrected chi connectivity index (χ0v) is 62.2. The molecule has 0 amide bonds. The first-order valence-electron chi connectivity index (χ1n) is 38.6. The van der Waals surface area contributed by atoms with Crippen LogP contribution in [-0.2, 0) is 65.4 Å². The summed E-state index contributed by atoms with van der Waals surface area (Å²) < 4.78 is 68.4. The molecular formula is C74H144O17P2. The molecule has 0 aromatic carbocycles. The number of hydrogen-bond acceptors (Lipinski definition) is 15. The van der Waals surface area contributed by atoms with Gasteiger partial charge in [-0.05, 0) is 31.6 Å². The molecule has 0 aliphatic carbocycles. The largest absolute Gasteiger partial charge is 0.472 e. The lowest BCUT2D eigenvalue weighted by molar-refractivity contribution is -0.161. The van der Waals surface area contributed by atoms with Crippen LogP contribution in [0.5, 0.6) is 0 Å². The summed E-state index contributed by atoms with van der Waals surface area (Å²) in [6.45, 7) is 7.26. The van der Waals surface area contributed by atoms with Gasteiger partial charge in [-0.1, -0.05) is 336 Å². The summed E-state index contributed by atoms with van der Waals surface area (Å²) in [6, 6.07) is 0. The first kappa shape index (κ1) is 91.1. The Hall–Kier alpha value is -1.94. The molecule has 0 saturated heterocycles. The second-order valence-electron chi connectivity index (χ2n) is 27.2. The van der Waals surface area contributed by atoms with Crippen molar-refractivity contribution in [2.45, 2.75) is 406 Å². The SMILES string of the molecule is CCCCCCCCCCCCCCCCCCCCC(=O)O[C@H](COC(=O)CCCCCCCCCCCCC(C)C)COP(=O)(O)OC[C@@H](O)COP(=O)(O)OC[C@@H](COC(=O)CCCCCCCCCCC)OC(=O)CCCCCCCCCCCCCCC. The van der Waals surface area contributed by atoms with Gasteiger partial charge in [0.15, 0.2) is 12.2 Å². The Balaban J connectivity index is 5.22. The number of phosphoric acid groups is 2. The molecule has 0 aromatic heterocycles. The van der Waals surface area contributed by atoms with Crippen molar-refractivity contribution in [1.29, 1.82) is 0 Å². The third-order valence-corrected chi connectivity index (χ3v) is 19.2. The number of aliphatic hydroxyl groups is 1. The summed E-state index contributed by atoms with van der Waals surface area (Å²) in [5.41, 5.74) is 0. The van der Waals surface area contributed by atoms with Crippen molar-refractivity contribution in [3.8, 4) is 0 Å². The highest BCUT2D eigenvalue weighted by Crippen LogP contribution is 2.45. The van der Waals surface area contributed by atoms with Gasteiger partial charge in [-0.25, -0.2) is 9.13 Å². The van der Waals surface area contributed by atoms with E-state index < -0.39 is 97.5 Å². The predicted octanol–water partition coefficient (Wildman–Crippen LogP) is 21.7. The molecule has 0 spiro atoms. The van der Waals surface area contributed by atoms with Crippen molar-refractivity contribution in [2.75, 3.05) is 39.6 Å². The van der Waals surface area contributed by atoms with Crippen molar-refractivity contribution < 1.29 is 80.2 Å². The van der Waals surface area contributed by atoms with Gasteiger partial charge in [0.25, 0.3) is 0 Å². The lowest BCUT2D eigenvalue weighted by atomic mass is 10.0. The molecule has 0 fully saturated rings. The third kappa shape index (κ3) is 68.4. The Kier molecular flexibility index (Phi) is 65.9. The number of esters is 4. The minimum absolute atomic E-state index is 0.108. The van der Waals surface area contributed by atoms with Gasteiger partial charge in [-0.15, -0.1) is 0 Å². The number of aliphatic hydroxyl groups excluding tert-OH is 1. The molecule has 93 heavy (non-hydrogen) atoms. The van der Waals surface area contributed by atoms with Gasteiger partial charge < -0.3 is 33.8 Å². The first-order valence-corrected chi connectivity index (χ1v) is 41.6. The molecule has 5 atom stereocenters. The Labute approximate surface area is 568 Å². The van der Waals surface area contributed by atoms with E-state index in [2.05, 4.69) is 34.6 Å². The van der Waals surface area contributed by atoms with E-state index in [1.165, 1.54) is 212 Å². The van der Waals surface area contributed by atoms with Crippen LogP contribution in [0.25, 0.3) is 0 Å². The van der Waals surface area contributed by atoms with E-state index in [-0.39, 0.29) is 25.7 Å². The van der Waals surface area contributed by atoms with Crippen LogP contribution in [0.4, 0.5) is 0 Å². The van der Waals surface area contributed by atoms with Crippen LogP contribution in [0.1, 0.15) is 388 Å². The maximum Gasteiger partial charge on any atom is 0.472 e. The fourth-order valence-electron chi connectivity index (χ4n) is 11.4. The fourth-order valence-corrected chi connectivity index (χ4v) is 12.9. The van der Waals surface area contributed by atoms with Crippen LogP contribution < -0.4 is 0 Å². The van der Waals surface area contributed by atoms with Gasteiger partial charge in [0.05, 0.1) is 26.4 Å². The van der Waals surface area contributed by atoms with Gasteiger partial charge in [0.1, 0.15) is 19.3 Å². The Bertz CT molecular complexity index is 1790. The number of carbonyl (C=O) groups excluding carboxylic acids is 4. The Morgan fingerprint density at radius 2 is 0.495 bits per heavy atom. The topological polar surface area (TPSA) is 237 Å². The quantitative estimate of drug-likeness (QED) is 0.0222. The minimum atomic E-state index is -4.95. The van der Waals surface area contributed by atoms with Gasteiger partial charge in [0, 0.05) is 25.7 Å². The third-order valence-electron chi connectivity index (χ3n) is 17.3. The summed E-state index contributed by atoms with van der Waals surface area (Å²) in [5, 5.41) is 10.6. The number of carbonyl (C=O) groups is 4. The maximum atomic E-state index is 13.1. The highest BCUT2D eigenvalue weighted by atomic mass is 31.2. The molecule has 0 bridgehead atoms. The highest BCUT2D eigenvalue weighted by Gasteiger charge is 2.30. The fraction of sp³-hybridized carbons (Fsp3) is 0.946. The first-order chi connectivity index (χ1) is 45.0. The van der Waals surface area contributed by atoms with E-state index in [1.54, 1.807) is 0 Å². The summed E-state index contributed by atoms with van der Waals surface area (Å²) >= 11 is 0. The van der Waals surface area contributed by atoms with E-state index >= 15 is 0 Å². The second-order valence-corrected chi connectivity index (χ2v) is 30.1. The molecule has 0 saturated carbocycles. The van der Waals surface area contributed by atoms with Crippen LogP contribution in [0.2, 0.25) is 0 Å². The zero-order valence-electron chi connectivity index (χ0n) is 60.4. The van der Waals surface area contributed by atoms with Crippen LogP contribution in [0.3, 0.4) is 0 Å². The van der Waals surface area contributed by atoms with E-state index in [0.29, 0.717) is 25.7 Å². The smallest absolute Gasteiger partial charge is 0.462 e. The van der Waals surface area contributed by atoms with E-state index in [4.69, 9.17) is 37.0 Å². The van der Waals surface area contributed by atoms with Crippen molar-refractivity contribution in [3.63, 3.8) is 0 Å². The standard InChI is InChI=1S/C74H144O17P2/c1-6-9-12-15-18-21-23-25-26-27-28-29-31-33-40-45-50-55-60-74(79)91-70(64-85-72(77)58-53-48-43-38-35-34-37-41-46-51-56-67(4)5)66-89-93(82,83)87-62-68(75)61-86-92(80,81)88-65-69(63-84-71(76)57-52-47-42-36-20-17-14-11-8-3)90-73(78)59-54-49-44-39-32-30-24-22-19-16-13-10-7-2/h67-70,75H,6-66H2,1-5H3,(H,80,81)(H,82,83)/t68-,69+,70+/m0/s1. The number of unbranched alkanes of at least 4 members (excludes halogenated alkanes) is 46. The van der Waals surface area contributed by atoms with Gasteiger partial charge in [-0.3, -0.25) is 37.3 Å². The average molecular weight is 1370 g/mol. The number of ether oxygens (including phenoxy) is 4. The van der Waals surface area contributed by atoms with E-state index in [0.717, 1.165) is 95.8 Å². The normalized spacial score (nSPS) is 14.0. The van der Waals surface area contributed by atoms with E-state index in [9.17, 15) is 43.2 Å². The lowest BCUT2D eigenvalue weighted by Gasteiger charge is -2.21. The Morgan fingerprint density at radius 1 is 0.290 bits per heavy atom. The monoisotopic (exact) mass is 1370 g/mol. The van der Waals surface area contributed by atoms with Crippen LogP contribution in [-0.4, -0.2) is 96.7 Å². The molecule has 3 N–H and O–H groups in total. The zero-order chi connectivity index (χ0) is 68.4. The molecule has 552 valence electrons. The molecule has 0 aromatic rings. The summed E-state index contributed by atoms with van der Waals surface area (Å²) in [5.74, 6) is -1.36. The Morgan fingerprint density at radius 3 is 0.731 bits per heavy atom. The molecule has 0 radical (unpaired) electrons. The number of phosphoric ester groups is 2. The number of hydrogen-bond donors (Lipinski definition) is 3. The molecule has 0 aliphatic heterocycles. The summed E-state index contributed by atoms with van der Waals surface area (Å²) in [4.78, 5) is 72.7. The van der Waals surface area contributed by atoms with Gasteiger partial charge >= 0.3 is 39.5 Å². The predicted molar refractivity (Wildman–Crippen MR) is 377 cm³/mol. The summed E-state index contributed by atoms with van der Waals surface area (Å²) in [7, 11) is -9.90. The molecular weight excluding hydrogens is 1220 g/mol. The van der Waals surface area contributed by atoms with Crippen molar-refractivity contribution in [1.82, 2.24) is 0 Å². The molecule has 17 nitrogen and oxygen atoms in total. The van der Waals surface area contributed by atoms with Crippen molar-refractivity contribution >= 4 is 39.5 Å². The lowest BCUT2D eigenvalue weighted by Crippen LogP contribution is -2.30. The van der Waals surface area contributed by atoms with Crippen LogP contribution in [0, 0.1) is 5.92 Å². The number of rotatable bonds is 74. The average Bonchev–Trinajstić information content (AvgIpc) is 1.98. The maximum absolute atomic E-state index is 13.1.